The van der Waals surface area contributed by atoms with E-state index in [2.05, 4.69) is 5.32 Å². The molecule has 0 saturated heterocycles. The molecule has 0 saturated carbocycles. The van der Waals surface area contributed by atoms with Gasteiger partial charge in [0, 0.05) is 18.0 Å². The first-order valence-corrected chi connectivity index (χ1v) is 7.07. The Bertz CT molecular complexity index is 560. The van der Waals surface area contributed by atoms with Gasteiger partial charge in [0.2, 0.25) is 0 Å². The molecule has 0 heterocycles. The molecule has 0 amide bonds. The van der Waals surface area contributed by atoms with E-state index in [1.807, 2.05) is 37.3 Å². The quantitative estimate of drug-likeness (QED) is 0.830. The van der Waals surface area contributed by atoms with Crippen LogP contribution in [-0.4, -0.2) is 13.2 Å². The first-order valence-electron chi connectivity index (χ1n) is 7.07. The third kappa shape index (κ3) is 4.26. The van der Waals surface area contributed by atoms with Crippen LogP contribution in [0.2, 0.25) is 0 Å². The van der Waals surface area contributed by atoms with Crippen molar-refractivity contribution >= 4 is 0 Å². The van der Waals surface area contributed by atoms with Crippen molar-refractivity contribution in [1.29, 1.82) is 0 Å². The highest BCUT2D eigenvalue weighted by Gasteiger charge is 2.17. The number of para-hydroxylation sites is 1. The molecule has 0 spiro atoms. The summed E-state index contributed by atoms with van der Waals surface area (Å²) in [6, 6.07) is 13.4. The first kappa shape index (κ1) is 15.4. The van der Waals surface area contributed by atoms with E-state index in [1.54, 1.807) is 6.07 Å². The van der Waals surface area contributed by atoms with Gasteiger partial charge in [-0.25, -0.2) is 8.78 Å². The first-order chi connectivity index (χ1) is 10.2. The standard InChI is InChI=1S/C17H19F2NO/c1-2-20-16(14-9-6-10-15(18)17(14)19)11-12-21-13-7-4-3-5-8-13/h3-10,16,20H,2,11-12H2,1H3. The summed E-state index contributed by atoms with van der Waals surface area (Å²) in [4.78, 5) is 0. The highest BCUT2D eigenvalue weighted by atomic mass is 19.2. The van der Waals surface area contributed by atoms with E-state index < -0.39 is 11.6 Å². The van der Waals surface area contributed by atoms with Gasteiger partial charge in [0.25, 0.3) is 0 Å². The van der Waals surface area contributed by atoms with E-state index in [0.717, 1.165) is 11.8 Å². The number of rotatable bonds is 7. The maximum Gasteiger partial charge on any atom is 0.163 e. The summed E-state index contributed by atoms with van der Waals surface area (Å²) in [5, 5.41) is 3.17. The molecule has 0 aromatic heterocycles. The second-order valence-electron chi connectivity index (χ2n) is 4.70. The van der Waals surface area contributed by atoms with Gasteiger partial charge in [-0.1, -0.05) is 37.3 Å². The van der Waals surface area contributed by atoms with Crippen LogP contribution in [0.1, 0.15) is 24.9 Å². The molecule has 1 N–H and O–H groups in total. The zero-order valence-corrected chi connectivity index (χ0v) is 12.0. The maximum atomic E-state index is 13.9. The highest BCUT2D eigenvalue weighted by molar-refractivity contribution is 5.23. The zero-order chi connectivity index (χ0) is 15.1. The van der Waals surface area contributed by atoms with E-state index in [-0.39, 0.29) is 6.04 Å². The minimum atomic E-state index is -0.820. The fraction of sp³-hybridized carbons (Fsp3) is 0.294. The number of nitrogens with one attached hydrogen (secondary N) is 1. The van der Waals surface area contributed by atoms with Crippen molar-refractivity contribution < 1.29 is 13.5 Å². The minimum Gasteiger partial charge on any atom is -0.494 e. The Kier molecular flexibility index (Phi) is 5.69. The van der Waals surface area contributed by atoms with Crippen molar-refractivity contribution in [2.75, 3.05) is 13.2 Å². The van der Waals surface area contributed by atoms with Gasteiger partial charge < -0.3 is 10.1 Å². The molecule has 2 rings (SSSR count). The molecule has 0 aliphatic heterocycles. The van der Waals surface area contributed by atoms with Crippen LogP contribution in [0.15, 0.2) is 48.5 Å². The van der Waals surface area contributed by atoms with Crippen LogP contribution in [0.25, 0.3) is 0 Å². The lowest BCUT2D eigenvalue weighted by atomic mass is 10.0. The number of halogens is 2. The molecule has 4 heteroatoms. The highest BCUT2D eigenvalue weighted by Crippen LogP contribution is 2.22. The molecule has 0 bridgehead atoms. The Morgan fingerprint density at radius 2 is 1.81 bits per heavy atom. The number of benzene rings is 2. The third-order valence-electron chi connectivity index (χ3n) is 3.23. The van der Waals surface area contributed by atoms with Gasteiger partial charge in [-0.05, 0) is 24.7 Å². The average molecular weight is 291 g/mol. The number of hydrogen-bond donors (Lipinski definition) is 1. The molecular weight excluding hydrogens is 272 g/mol. The summed E-state index contributed by atoms with van der Waals surface area (Å²) in [5.74, 6) is -0.838. The second kappa shape index (κ2) is 7.74. The predicted octanol–water partition coefficient (Wildman–Crippen LogP) is 4.08. The number of hydrogen-bond acceptors (Lipinski definition) is 2. The molecule has 1 atom stereocenters. The van der Waals surface area contributed by atoms with Crippen molar-refractivity contribution in [2.24, 2.45) is 0 Å². The molecule has 1 unspecified atom stereocenters. The lowest BCUT2D eigenvalue weighted by molar-refractivity contribution is 0.285. The van der Waals surface area contributed by atoms with E-state index >= 15 is 0 Å². The monoisotopic (exact) mass is 291 g/mol. The average Bonchev–Trinajstić information content (AvgIpc) is 2.50. The molecule has 112 valence electrons. The largest absolute Gasteiger partial charge is 0.494 e. The van der Waals surface area contributed by atoms with E-state index in [0.29, 0.717) is 25.1 Å². The zero-order valence-electron chi connectivity index (χ0n) is 12.0. The Morgan fingerprint density at radius 1 is 1.05 bits per heavy atom. The molecule has 0 fully saturated rings. The van der Waals surface area contributed by atoms with Gasteiger partial charge >= 0.3 is 0 Å². The molecule has 0 aliphatic rings. The van der Waals surface area contributed by atoms with Crippen molar-refractivity contribution in [3.8, 4) is 5.75 Å². The Labute approximate surface area is 123 Å². The molecular formula is C17H19F2NO. The summed E-state index contributed by atoms with van der Waals surface area (Å²) in [7, 11) is 0. The molecule has 21 heavy (non-hydrogen) atoms. The van der Waals surface area contributed by atoms with Crippen LogP contribution in [0, 0.1) is 11.6 Å². The van der Waals surface area contributed by atoms with Crippen molar-refractivity contribution in [2.45, 2.75) is 19.4 Å². The normalized spacial score (nSPS) is 12.1. The van der Waals surface area contributed by atoms with Gasteiger partial charge in [-0.15, -0.1) is 0 Å². The summed E-state index contributed by atoms with van der Waals surface area (Å²) in [5.41, 5.74) is 0.341. The van der Waals surface area contributed by atoms with Crippen molar-refractivity contribution in [3.05, 3.63) is 65.7 Å². The molecule has 0 aliphatic carbocycles. The topological polar surface area (TPSA) is 21.3 Å². The van der Waals surface area contributed by atoms with Gasteiger partial charge in [0.05, 0.1) is 6.61 Å². The van der Waals surface area contributed by atoms with Gasteiger partial charge in [-0.2, -0.15) is 0 Å². The summed E-state index contributed by atoms with van der Waals surface area (Å²) in [6.07, 6.45) is 0.559. The summed E-state index contributed by atoms with van der Waals surface area (Å²) in [6.45, 7) is 3.03. The van der Waals surface area contributed by atoms with Gasteiger partial charge in [0.15, 0.2) is 11.6 Å². The summed E-state index contributed by atoms with van der Waals surface area (Å²) >= 11 is 0. The lowest BCUT2D eigenvalue weighted by Gasteiger charge is -2.19. The molecule has 2 nitrogen and oxygen atoms in total. The van der Waals surface area contributed by atoms with Crippen molar-refractivity contribution in [1.82, 2.24) is 5.32 Å². The Hall–Kier alpha value is -1.94. The van der Waals surface area contributed by atoms with Crippen LogP contribution in [0.3, 0.4) is 0 Å². The van der Waals surface area contributed by atoms with Crippen LogP contribution >= 0.6 is 0 Å². The van der Waals surface area contributed by atoms with Crippen LogP contribution < -0.4 is 10.1 Å². The summed E-state index contributed by atoms with van der Waals surface area (Å²) < 4.78 is 32.8. The van der Waals surface area contributed by atoms with E-state index in [4.69, 9.17) is 4.74 Å². The molecule has 2 aromatic rings. The Balaban J connectivity index is 2.00. The number of ether oxygens (including phenoxy) is 1. The van der Waals surface area contributed by atoms with E-state index in [9.17, 15) is 8.78 Å². The third-order valence-corrected chi connectivity index (χ3v) is 3.23. The van der Waals surface area contributed by atoms with Crippen LogP contribution in [-0.2, 0) is 0 Å². The minimum absolute atomic E-state index is 0.269. The smallest absolute Gasteiger partial charge is 0.163 e. The Morgan fingerprint density at radius 3 is 2.52 bits per heavy atom. The molecule has 2 aromatic carbocycles. The van der Waals surface area contributed by atoms with E-state index in [1.165, 1.54) is 6.07 Å². The van der Waals surface area contributed by atoms with Gasteiger partial charge in [-0.3, -0.25) is 0 Å². The maximum absolute atomic E-state index is 13.9. The second-order valence-corrected chi connectivity index (χ2v) is 4.70. The molecule has 0 radical (unpaired) electrons. The van der Waals surface area contributed by atoms with Crippen molar-refractivity contribution in [3.63, 3.8) is 0 Å². The van der Waals surface area contributed by atoms with Gasteiger partial charge in [0.1, 0.15) is 5.75 Å². The predicted molar refractivity (Wildman–Crippen MR) is 79.3 cm³/mol. The fourth-order valence-corrected chi connectivity index (χ4v) is 2.21. The lowest BCUT2D eigenvalue weighted by Crippen LogP contribution is -2.24. The fourth-order valence-electron chi connectivity index (χ4n) is 2.21. The SMILES string of the molecule is CCNC(CCOc1ccccc1)c1cccc(F)c1F. The van der Waals surface area contributed by atoms with Crippen LogP contribution in [0.4, 0.5) is 8.78 Å². The van der Waals surface area contributed by atoms with Crippen LogP contribution in [0.5, 0.6) is 5.75 Å².